The molecule has 0 saturated carbocycles. The second-order valence-corrected chi connectivity index (χ2v) is 7.03. The molecule has 0 bridgehead atoms. The van der Waals surface area contributed by atoms with Crippen LogP contribution < -0.4 is 10.6 Å². The van der Waals surface area contributed by atoms with Crippen LogP contribution >= 0.6 is 0 Å². The fourth-order valence-corrected chi connectivity index (χ4v) is 2.43. The van der Waals surface area contributed by atoms with Gasteiger partial charge >= 0.3 is 12.0 Å². The van der Waals surface area contributed by atoms with Crippen molar-refractivity contribution < 1.29 is 27.5 Å². The van der Waals surface area contributed by atoms with Crippen molar-refractivity contribution in [3.8, 4) is 0 Å². The van der Waals surface area contributed by atoms with Gasteiger partial charge in [-0.05, 0) is 24.6 Å². The van der Waals surface area contributed by atoms with Gasteiger partial charge in [0.05, 0.1) is 11.3 Å². The number of hydrogen-bond acceptors (Lipinski definition) is 6. The van der Waals surface area contributed by atoms with Crippen molar-refractivity contribution in [2.24, 2.45) is 0 Å². The van der Waals surface area contributed by atoms with Crippen LogP contribution in [0.2, 0.25) is 0 Å². The van der Waals surface area contributed by atoms with Gasteiger partial charge in [0.2, 0.25) is 0 Å². The number of carbonyl (C=O) groups is 3. The Labute approximate surface area is 134 Å². The smallest absolute Gasteiger partial charge is 0.338 e. The zero-order valence-corrected chi connectivity index (χ0v) is 13.8. The van der Waals surface area contributed by atoms with E-state index in [1.54, 1.807) is 6.07 Å². The molecular weight excluding hydrogens is 324 g/mol. The number of amides is 3. The third kappa shape index (κ3) is 6.47. The number of esters is 1. The Hall–Kier alpha value is -2.42. The topological polar surface area (TPSA) is 119 Å². The van der Waals surface area contributed by atoms with Gasteiger partial charge in [0, 0.05) is 13.3 Å². The number of ether oxygens (including phenoxy) is 1. The Morgan fingerprint density at radius 1 is 1.26 bits per heavy atom. The highest BCUT2D eigenvalue weighted by Gasteiger charge is 2.20. The van der Waals surface area contributed by atoms with Gasteiger partial charge in [-0.1, -0.05) is 12.1 Å². The second kappa shape index (κ2) is 7.73. The van der Waals surface area contributed by atoms with Crippen molar-refractivity contribution in [3.63, 3.8) is 0 Å². The van der Waals surface area contributed by atoms with Crippen molar-refractivity contribution in [1.82, 2.24) is 10.6 Å². The minimum atomic E-state index is -3.23. The summed E-state index contributed by atoms with van der Waals surface area (Å²) in [6, 6.07) is 5.20. The van der Waals surface area contributed by atoms with Crippen LogP contribution in [-0.4, -0.2) is 45.7 Å². The van der Waals surface area contributed by atoms with Gasteiger partial charge in [-0.2, -0.15) is 0 Å². The summed E-state index contributed by atoms with van der Waals surface area (Å²) in [6.07, 6.45) is -0.0956. The molecule has 0 spiro atoms. The van der Waals surface area contributed by atoms with E-state index in [0.717, 1.165) is 6.26 Å². The van der Waals surface area contributed by atoms with Gasteiger partial charge in [-0.25, -0.2) is 18.0 Å². The Bertz CT molecular complexity index is 714. The van der Waals surface area contributed by atoms with E-state index in [2.05, 4.69) is 5.32 Å². The number of hydrogen-bond donors (Lipinski definition) is 2. The summed E-state index contributed by atoms with van der Waals surface area (Å²) in [5.41, 5.74) is 0.551. The van der Waals surface area contributed by atoms with Crippen LogP contribution in [0.1, 0.15) is 22.8 Å². The van der Waals surface area contributed by atoms with Crippen LogP contribution in [-0.2, 0) is 25.1 Å². The van der Waals surface area contributed by atoms with Gasteiger partial charge < -0.3 is 10.1 Å². The molecule has 0 aliphatic carbocycles. The molecule has 1 aromatic carbocycles. The lowest BCUT2D eigenvalue weighted by molar-refractivity contribution is -0.127. The largest absolute Gasteiger partial charge is 0.449 e. The van der Waals surface area contributed by atoms with E-state index in [1.807, 2.05) is 5.32 Å². The fraction of sp³-hybridized carbons (Fsp3) is 0.357. The highest BCUT2D eigenvalue weighted by Crippen LogP contribution is 2.11. The van der Waals surface area contributed by atoms with Crippen LogP contribution in [0, 0.1) is 0 Å². The summed E-state index contributed by atoms with van der Waals surface area (Å²) < 4.78 is 27.5. The Balaban J connectivity index is 2.76. The van der Waals surface area contributed by atoms with E-state index in [-0.39, 0.29) is 11.3 Å². The molecule has 3 amide bonds. The first-order chi connectivity index (χ1) is 10.6. The van der Waals surface area contributed by atoms with Crippen LogP contribution in [0.25, 0.3) is 0 Å². The normalized spacial score (nSPS) is 12.1. The first-order valence-electron chi connectivity index (χ1n) is 6.62. The molecule has 0 aliphatic rings. The zero-order chi connectivity index (χ0) is 17.6. The van der Waals surface area contributed by atoms with Crippen molar-refractivity contribution in [1.29, 1.82) is 0 Å². The number of urea groups is 1. The predicted molar refractivity (Wildman–Crippen MR) is 82.5 cm³/mol. The lowest BCUT2D eigenvalue weighted by Crippen LogP contribution is -2.43. The molecule has 0 heterocycles. The highest BCUT2D eigenvalue weighted by molar-refractivity contribution is 7.89. The maximum Gasteiger partial charge on any atom is 0.338 e. The minimum Gasteiger partial charge on any atom is -0.449 e. The quantitative estimate of drug-likeness (QED) is 0.740. The summed E-state index contributed by atoms with van der Waals surface area (Å²) in [4.78, 5) is 34.6. The molecule has 1 rings (SSSR count). The van der Waals surface area contributed by atoms with Crippen LogP contribution in [0.4, 0.5) is 4.79 Å². The molecule has 0 unspecified atom stereocenters. The van der Waals surface area contributed by atoms with Crippen molar-refractivity contribution >= 4 is 27.7 Å². The molecular formula is C14H18N2O6S. The molecule has 0 radical (unpaired) electrons. The molecule has 2 N–H and O–H groups in total. The fourth-order valence-electron chi connectivity index (χ4n) is 1.65. The standard InChI is InChI=1S/C14H18N2O6S/c1-9(12(17)16-14(19)15-2)22-13(18)11-6-4-5-10(7-11)8-23(3,20)21/h4-7,9H,8H2,1-3H3,(H2,15,16,17,19)/t9-/m1/s1. The lowest BCUT2D eigenvalue weighted by Gasteiger charge is -2.13. The molecule has 0 aliphatic heterocycles. The summed E-state index contributed by atoms with van der Waals surface area (Å²) >= 11 is 0. The third-order valence-electron chi connectivity index (χ3n) is 2.71. The van der Waals surface area contributed by atoms with E-state index in [0.29, 0.717) is 5.56 Å². The maximum absolute atomic E-state index is 12.0. The third-order valence-corrected chi connectivity index (χ3v) is 3.57. The zero-order valence-electron chi connectivity index (χ0n) is 13.0. The summed E-state index contributed by atoms with van der Waals surface area (Å²) in [5, 5.41) is 4.18. The molecule has 8 nitrogen and oxygen atoms in total. The molecule has 9 heteroatoms. The van der Waals surface area contributed by atoms with E-state index in [1.165, 1.54) is 32.2 Å². The molecule has 0 saturated heterocycles. The summed E-state index contributed by atoms with van der Waals surface area (Å²) in [5.74, 6) is -1.77. The van der Waals surface area contributed by atoms with E-state index in [4.69, 9.17) is 4.74 Å². The molecule has 126 valence electrons. The first-order valence-corrected chi connectivity index (χ1v) is 8.68. The number of imide groups is 1. The molecule has 0 fully saturated rings. The molecule has 1 aromatic rings. The van der Waals surface area contributed by atoms with Crippen LogP contribution in [0.5, 0.6) is 0 Å². The Morgan fingerprint density at radius 3 is 2.48 bits per heavy atom. The van der Waals surface area contributed by atoms with Gasteiger partial charge in [-0.3, -0.25) is 10.1 Å². The predicted octanol–water partition coefficient (Wildman–Crippen LogP) is 0.232. The SMILES string of the molecule is CNC(=O)NC(=O)[C@@H](C)OC(=O)c1cccc(CS(C)(=O)=O)c1. The van der Waals surface area contributed by atoms with E-state index < -0.39 is 33.8 Å². The number of benzene rings is 1. The van der Waals surface area contributed by atoms with E-state index in [9.17, 15) is 22.8 Å². The Kier molecular flexibility index (Phi) is 6.26. The van der Waals surface area contributed by atoms with Crippen LogP contribution in [0.3, 0.4) is 0 Å². The van der Waals surface area contributed by atoms with Gasteiger partial charge in [0.25, 0.3) is 5.91 Å². The van der Waals surface area contributed by atoms with Crippen molar-refractivity contribution in [2.75, 3.05) is 13.3 Å². The summed E-state index contributed by atoms with van der Waals surface area (Å²) in [7, 11) is -1.89. The monoisotopic (exact) mass is 342 g/mol. The van der Waals surface area contributed by atoms with Gasteiger partial charge in [0.15, 0.2) is 15.9 Å². The lowest BCUT2D eigenvalue weighted by atomic mass is 10.1. The maximum atomic E-state index is 12.0. The van der Waals surface area contributed by atoms with Crippen molar-refractivity contribution in [3.05, 3.63) is 35.4 Å². The number of sulfone groups is 1. The number of rotatable bonds is 5. The minimum absolute atomic E-state index is 0.116. The summed E-state index contributed by atoms with van der Waals surface area (Å²) in [6.45, 7) is 1.32. The number of nitrogens with one attached hydrogen (secondary N) is 2. The van der Waals surface area contributed by atoms with Gasteiger partial charge in [0.1, 0.15) is 0 Å². The van der Waals surface area contributed by atoms with Gasteiger partial charge in [-0.15, -0.1) is 0 Å². The average molecular weight is 342 g/mol. The first kappa shape index (κ1) is 18.6. The Morgan fingerprint density at radius 2 is 1.91 bits per heavy atom. The second-order valence-electron chi connectivity index (χ2n) is 4.89. The molecule has 0 aromatic heterocycles. The molecule has 1 atom stereocenters. The average Bonchev–Trinajstić information content (AvgIpc) is 2.45. The molecule has 23 heavy (non-hydrogen) atoms. The highest BCUT2D eigenvalue weighted by atomic mass is 32.2. The number of carbonyl (C=O) groups excluding carboxylic acids is 3. The van der Waals surface area contributed by atoms with Crippen molar-refractivity contribution in [2.45, 2.75) is 18.8 Å². The van der Waals surface area contributed by atoms with Crippen LogP contribution in [0.15, 0.2) is 24.3 Å². The van der Waals surface area contributed by atoms with E-state index >= 15 is 0 Å².